The van der Waals surface area contributed by atoms with Crippen LogP contribution in [0.5, 0.6) is 0 Å². The summed E-state index contributed by atoms with van der Waals surface area (Å²) in [5.41, 5.74) is 0. The monoisotopic (exact) mass is 227 g/mol. The summed E-state index contributed by atoms with van der Waals surface area (Å²) in [6, 6.07) is 0.332. The van der Waals surface area contributed by atoms with Gasteiger partial charge in [0, 0.05) is 25.1 Å². The van der Waals surface area contributed by atoms with E-state index in [1.807, 2.05) is 4.90 Å². The predicted octanol–water partition coefficient (Wildman–Crippen LogP) is 2.45. The van der Waals surface area contributed by atoms with Crippen molar-refractivity contribution in [2.75, 3.05) is 19.8 Å². The molecule has 1 amide bonds. The number of carbonyl (C=O) groups is 1. The standard InChI is InChI=1S/C13H25NO2/c1-4-5-6-11(2)13(15)14-8-10-16-9-7-12(14)3/h11-12H,4-10H2,1-3H3/t11-,12+/m0/s1. The Morgan fingerprint density at radius 2 is 2.25 bits per heavy atom. The summed E-state index contributed by atoms with van der Waals surface area (Å²) in [6.07, 6.45) is 4.29. The van der Waals surface area contributed by atoms with Crippen LogP contribution in [0.1, 0.15) is 46.5 Å². The topological polar surface area (TPSA) is 29.5 Å². The average molecular weight is 227 g/mol. The Kier molecular flexibility index (Phi) is 5.81. The van der Waals surface area contributed by atoms with Gasteiger partial charge in [0.15, 0.2) is 0 Å². The van der Waals surface area contributed by atoms with E-state index in [1.54, 1.807) is 0 Å². The minimum absolute atomic E-state index is 0.167. The van der Waals surface area contributed by atoms with E-state index in [2.05, 4.69) is 20.8 Å². The van der Waals surface area contributed by atoms with E-state index < -0.39 is 0 Å². The lowest BCUT2D eigenvalue weighted by Gasteiger charge is -2.29. The molecule has 2 atom stereocenters. The van der Waals surface area contributed by atoms with Gasteiger partial charge in [0.25, 0.3) is 0 Å². The SMILES string of the molecule is CCCC[C@H](C)C(=O)N1CCOCC[C@H]1C. The Balaban J connectivity index is 2.49. The van der Waals surface area contributed by atoms with Crippen LogP contribution in [0.2, 0.25) is 0 Å². The minimum Gasteiger partial charge on any atom is -0.380 e. The third-order valence-corrected chi connectivity index (χ3v) is 3.38. The summed E-state index contributed by atoms with van der Waals surface area (Å²) in [6.45, 7) is 8.58. The van der Waals surface area contributed by atoms with E-state index in [-0.39, 0.29) is 5.92 Å². The number of ether oxygens (including phenoxy) is 1. The molecular formula is C13H25NO2. The molecule has 0 unspecified atom stereocenters. The molecule has 1 heterocycles. The molecule has 0 aliphatic carbocycles. The highest BCUT2D eigenvalue weighted by Crippen LogP contribution is 2.16. The molecule has 1 aliphatic rings. The summed E-state index contributed by atoms with van der Waals surface area (Å²) in [4.78, 5) is 14.2. The van der Waals surface area contributed by atoms with Crippen molar-refractivity contribution in [2.45, 2.75) is 52.5 Å². The quantitative estimate of drug-likeness (QED) is 0.738. The molecule has 1 saturated heterocycles. The van der Waals surface area contributed by atoms with Gasteiger partial charge in [-0.3, -0.25) is 4.79 Å². The molecule has 0 N–H and O–H groups in total. The van der Waals surface area contributed by atoms with Gasteiger partial charge < -0.3 is 9.64 Å². The largest absolute Gasteiger partial charge is 0.380 e. The fourth-order valence-corrected chi connectivity index (χ4v) is 2.14. The number of rotatable bonds is 4. The van der Waals surface area contributed by atoms with Crippen LogP contribution in [0, 0.1) is 5.92 Å². The summed E-state index contributed by atoms with van der Waals surface area (Å²) in [5, 5.41) is 0. The average Bonchev–Trinajstić information content (AvgIpc) is 2.49. The lowest BCUT2D eigenvalue weighted by atomic mass is 10.0. The molecule has 3 nitrogen and oxygen atoms in total. The number of hydrogen-bond acceptors (Lipinski definition) is 2. The Labute approximate surface area is 99.1 Å². The first kappa shape index (κ1) is 13.5. The summed E-state index contributed by atoms with van der Waals surface area (Å²) < 4.78 is 5.41. The molecule has 0 radical (unpaired) electrons. The highest BCUT2D eigenvalue weighted by Gasteiger charge is 2.25. The van der Waals surface area contributed by atoms with Gasteiger partial charge in [-0.25, -0.2) is 0 Å². The van der Waals surface area contributed by atoms with E-state index in [9.17, 15) is 4.79 Å². The summed E-state index contributed by atoms with van der Waals surface area (Å²) in [7, 11) is 0. The first-order valence-electron chi connectivity index (χ1n) is 6.55. The number of unbranched alkanes of at least 4 members (excludes halogenated alkanes) is 1. The van der Waals surface area contributed by atoms with Crippen LogP contribution in [-0.2, 0) is 9.53 Å². The molecule has 0 aromatic rings. The number of amides is 1. The molecular weight excluding hydrogens is 202 g/mol. The first-order chi connectivity index (χ1) is 7.66. The minimum atomic E-state index is 0.167. The molecule has 0 saturated carbocycles. The second kappa shape index (κ2) is 6.89. The predicted molar refractivity (Wildman–Crippen MR) is 65.3 cm³/mol. The van der Waals surface area contributed by atoms with Crippen molar-refractivity contribution in [1.29, 1.82) is 0 Å². The van der Waals surface area contributed by atoms with Crippen molar-refractivity contribution >= 4 is 5.91 Å². The zero-order chi connectivity index (χ0) is 12.0. The smallest absolute Gasteiger partial charge is 0.225 e. The number of nitrogens with zero attached hydrogens (tertiary/aromatic N) is 1. The van der Waals surface area contributed by atoms with Crippen LogP contribution in [0.4, 0.5) is 0 Å². The van der Waals surface area contributed by atoms with Crippen molar-refractivity contribution in [2.24, 2.45) is 5.92 Å². The molecule has 94 valence electrons. The molecule has 16 heavy (non-hydrogen) atoms. The third kappa shape index (κ3) is 3.78. The lowest BCUT2D eigenvalue weighted by molar-refractivity contribution is -0.137. The summed E-state index contributed by atoms with van der Waals surface area (Å²) >= 11 is 0. The fraction of sp³-hybridized carbons (Fsp3) is 0.923. The highest BCUT2D eigenvalue weighted by molar-refractivity contribution is 5.78. The molecule has 0 aromatic heterocycles. The van der Waals surface area contributed by atoms with Crippen LogP contribution in [0.25, 0.3) is 0 Å². The molecule has 1 fully saturated rings. The van der Waals surface area contributed by atoms with Gasteiger partial charge in [0.1, 0.15) is 0 Å². The van der Waals surface area contributed by atoms with Crippen LogP contribution in [0.15, 0.2) is 0 Å². The van der Waals surface area contributed by atoms with Gasteiger partial charge in [-0.2, -0.15) is 0 Å². The Hall–Kier alpha value is -0.570. The molecule has 0 aromatic carbocycles. The Bertz CT molecular complexity index is 218. The van der Waals surface area contributed by atoms with Gasteiger partial charge in [-0.05, 0) is 19.8 Å². The van der Waals surface area contributed by atoms with Crippen molar-refractivity contribution in [3.05, 3.63) is 0 Å². The van der Waals surface area contributed by atoms with E-state index >= 15 is 0 Å². The fourth-order valence-electron chi connectivity index (χ4n) is 2.14. The van der Waals surface area contributed by atoms with Gasteiger partial charge >= 0.3 is 0 Å². The Morgan fingerprint density at radius 3 is 2.94 bits per heavy atom. The maximum Gasteiger partial charge on any atom is 0.225 e. The lowest BCUT2D eigenvalue weighted by Crippen LogP contribution is -2.42. The normalized spacial score (nSPS) is 23.9. The molecule has 0 spiro atoms. The van der Waals surface area contributed by atoms with Gasteiger partial charge in [0.05, 0.1) is 6.61 Å². The number of hydrogen-bond donors (Lipinski definition) is 0. The number of carbonyl (C=O) groups excluding carboxylic acids is 1. The molecule has 0 bridgehead atoms. The van der Waals surface area contributed by atoms with E-state index in [1.165, 1.54) is 0 Å². The van der Waals surface area contributed by atoms with Gasteiger partial charge in [0.2, 0.25) is 5.91 Å². The van der Waals surface area contributed by atoms with Crippen molar-refractivity contribution < 1.29 is 9.53 Å². The molecule has 1 rings (SSSR count). The second-order valence-corrected chi connectivity index (χ2v) is 4.82. The third-order valence-electron chi connectivity index (χ3n) is 3.38. The van der Waals surface area contributed by atoms with Crippen molar-refractivity contribution in [1.82, 2.24) is 4.90 Å². The zero-order valence-electron chi connectivity index (χ0n) is 10.9. The first-order valence-corrected chi connectivity index (χ1v) is 6.55. The van der Waals surface area contributed by atoms with Crippen LogP contribution in [0.3, 0.4) is 0 Å². The van der Waals surface area contributed by atoms with Crippen LogP contribution >= 0.6 is 0 Å². The van der Waals surface area contributed by atoms with Gasteiger partial charge in [-0.1, -0.05) is 26.7 Å². The van der Waals surface area contributed by atoms with Crippen molar-refractivity contribution in [3.63, 3.8) is 0 Å². The van der Waals surface area contributed by atoms with Crippen LogP contribution in [-0.4, -0.2) is 36.6 Å². The maximum absolute atomic E-state index is 12.2. The maximum atomic E-state index is 12.2. The van der Waals surface area contributed by atoms with Crippen molar-refractivity contribution in [3.8, 4) is 0 Å². The van der Waals surface area contributed by atoms with Crippen LogP contribution < -0.4 is 0 Å². The van der Waals surface area contributed by atoms with Gasteiger partial charge in [-0.15, -0.1) is 0 Å². The van der Waals surface area contributed by atoms with E-state index in [4.69, 9.17) is 4.74 Å². The second-order valence-electron chi connectivity index (χ2n) is 4.82. The molecule has 1 aliphatic heterocycles. The summed E-state index contributed by atoms with van der Waals surface area (Å²) in [5.74, 6) is 0.479. The Morgan fingerprint density at radius 1 is 1.50 bits per heavy atom. The zero-order valence-corrected chi connectivity index (χ0v) is 10.9. The van der Waals surface area contributed by atoms with E-state index in [0.717, 1.165) is 38.8 Å². The highest BCUT2D eigenvalue weighted by atomic mass is 16.5. The van der Waals surface area contributed by atoms with E-state index in [0.29, 0.717) is 18.6 Å². The molecule has 3 heteroatoms.